The third-order valence-corrected chi connectivity index (χ3v) is 1.92. The summed E-state index contributed by atoms with van der Waals surface area (Å²) < 4.78 is 4.89. The Kier molecular flexibility index (Phi) is 3.77. The van der Waals surface area contributed by atoms with E-state index in [4.69, 9.17) is 21.4 Å². The fraction of sp³-hybridized carbons (Fsp3) is 0.300. The fourth-order valence-corrected chi connectivity index (χ4v) is 1.09. The highest BCUT2D eigenvalue weighted by molar-refractivity contribution is 6.32. The molecule has 0 heterocycles. The zero-order valence-electron chi connectivity index (χ0n) is 7.79. The van der Waals surface area contributed by atoms with Crippen molar-refractivity contribution >= 4 is 17.6 Å². The van der Waals surface area contributed by atoms with Crippen LogP contribution in [0.3, 0.4) is 0 Å². The highest BCUT2D eigenvalue weighted by Gasteiger charge is 2.08. The number of rotatable bonds is 3. The highest BCUT2D eigenvalue weighted by atomic mass is 35.5. The second-order valence-electron chi connectivity index (χ2n) is 2.80. The van der Waals surface area contributed by atoms with Gasteiger partial charge in [0.2, 0.25) is 0 Å². The number of esters is 1. The van der Waals surface area contributed by atoms with Gasteiger partial charge >= 0.3 is 5.97 Å². The summed E-state index contributed by atoms with van der Waals surface area (Å²) in [5.41, 5.74) is 0.348. The van der Waals surface area contributed by atoms with E-state index >= 15 is 0 Å². The number of carbonyl (C=O) groups is 1. The van der Waals surface area contributed by atoms with Crippen LogP contribution in [0.5, 0.6) is 5.75 Å². The van der Waals surface area contributed by atoms with E-state index in [-0.39, 0.29) is 10.8 Å². The molecule has 76 valence electrons. The largest absolute Gasteiger partial charge is 0.506 e. The Balaban J connectivity index is 2.76. The molecule has 1 aromatic carbocycles. The molecule has 1 N–H and O–H groups in total. The van der Waals surface area contributed by atoms with E-state index in [0.717, 1.165) is 6.42 Å². The molecule has 0 fully saturated rings. The Morgan fingerprint density at radius 1 is 1.57 bits per heavy atom. The summed E-state index contributed by atoms with van der Waals surface area (Å²) in [6, 6.07) is 4.22. The number of aromatic hydroxyl groups is 1. The lowest BCUT2D eigenvalue weighted by molar-refractivity contribution is 0.0505. The number of hydrogen-bond acceptors (Lipinski definition) is 3. The quantitative estimate of drug-likeness (QED) is 0.787. The minimum absolute atomic E-state index is 0.0429. The second kappa shape index (κ2) is 4.86. The van der Waals surface area contributed by atoms with E-state index in [2.05, 4.69) is 0 Å². The van der Waals surface area contributed by atoms with Crippen molar-refractivity contribution in [2.75, 3.05) is 6.61 Å². The molecule has 0 bridgehead atoms. The molecule has 0 amide bonds. The van der Waals surface area contributed by atoms with Gasteiger partial charge in [0.05, 0.1) is 17.2 Å². The van der Waals surface area contributed by atoms with Gasteiger partial charge in [0, 0.05) is 0 Å². The number of benzene rings is 1. The van der Waals surface area contributed by atoms with Crippen molar-refractivity contribution in [3.63, 3.8) is 0 Å². The van der Waals surface area contributed by atoms with Gasteiger partial charge in [-0.05, 0) is 24.6 Å². The minimum Gasteiger partial charge on any atom is -0.506 e. The Morgan fingerprint density at radius 3 is 2.86 bits per heavy atom. The predicted octanol–water partition coefficient (Wildman–Crippen LogP) is 2.61. The van der Waals surface area contributed by atoms with E-state index in [9.17, 15) is 4.79 Å². The molecule has 0 saturated carbocycles. The zero-order valence-corrected chi connectivity index (χ0v) is 8.54. The molecule has 1 rings (SSSR count). The Hall–Kier alpha value is -1.22. The van der Waals surface area contributed by atoms with Crippen LogP contribution in [0, 0.1) is 0 Å². The lowest BCUT2D eigenvalue weighted by Crippen LogP contribution is -2.05. The molecule has 0 atom stereocenters. The van der Waals surface area contributed by atoms with Crippen molar-refractivity contribution < 1.29 is 14.6 Å². The Morgan fingerprint density at radius 2 is 2.29 bits per heavy atom. The van der Waals surface area contributed by atoms with Gasteiger partial charge in [-0.1, -0.05) is 18.5 Å². The SMILES string of the molecule is CCCOC(=O)c1ccc(O)c(Cl)c1. The summed E-state index contributed by atoms with van der Waals surface area (Å²) in [7, 11) is 0. The van der Waals surface area contributed by atoms with Gasteiger partial charge in [-0.15, -0.1) is 0 Å². The summed E-state index contributed by atoms with van der Waals surface area (Å²) in [5.74, 6) is -0.465. The molecule has 0 aliphatic carbocycles. The van der Waals surface area contributed by atoms with Crippen molar-refractivity contribution in [2.45, 2.75) is 13.3 Å². The van der Waals surface area contributed by atoms with Gasteiger partial charge in [-0.2, -0.15) is 0 Å². The van der Waals surface area contributed by atoms with Crippen molar-refractivity contribution in [2.24, 2.45) is 0 Å². The predicted molar refractivity (Wildman–Crippen MR) is 53.7 cm³/mol. The average molecular weight is 215 g/mol. The topological polar surface area (TPSA) is 46.5 Å². The molecule has 0 unspecified atom stereocenters. The van der Waals surface area contributed by atoms with Gasteiger partial charge in [-0.3, -0.25) is 0 Å². The molecular weight excluding hydrogens is 204 g/mol. The van der Waals surface area contributed by atoms with Crippen molar-refractivity contribution in [3.8, 4) is 5.75 Å². The number of phenols is 1. The van der Waals surface area contributed by atoms with Crippen LogP contribution in [0.15, 0.2) is 18.2 Å². The molecule has 1 aromatic rings. The summed E-state index contributed by atoms with van der Waals surface area (Å²) >= 11 is 5.63. The molecule has 14 heavy (non-hydrogen) atoms. The first-order valence-corrected chi connectivity index (χ1v) is 4.68. The van der Waals surface area contributed by atoms with Crippen molar-refractivity contribution in [1.29, 1.82) is 0 Å². The van der Waals surface area contributed by atoms with Gasteiger partial charge in [0.15, 0.2) is 0 Å². The van der Waals surface area contributed by atoms with Crippen LogP contribution in [0.1, 0.15) is 23.7 Å². The molecule has 4 heteroatoms. The summed E-state index contributed by atoms with van der Waals surface area (Å²) in [5, 5.41) is 9.27. The normalized spacial score (nSPS) is 9.86. The Labute approximate surface area is 87.3 Å². The van der Waals surface area contributed by atoms with Crippen molar-refractivity contribution in [3.05, 3.63) is 28.8 Å². The lowest BCUT2D eigenvalue weighted by Gasteiger charge is -2.03. The van der Waals surface area contributed by atoms with E-state index in [0.29, 0.717) is 12.2 Å². The van der Waals surface area contributed by atoms with Crippen LogP contribution in [0.25, 0.3) is 0 Å². The maximum absolute atomic E-state index is 11.3. The first kappa shape index (κ1) is 10.9. The lowest BCUT2D eigenvalue weighted by atomic mass is 10.2. The maximum atomic E-state index is 11.3. The molecule has 0 aliphatic rings. The van der Waals surface area contributed by atoms with E-state index in [1.165, 1.54) is 18.2 Å². The smallest absolute Gasteiger partial charge is 0.338 e. The third-order valence-electron chi connectivity index (χ3n) is 1.62. The number of hydrogen-bond donors (Lipinski definition) is 1. The molecule has 3 nitrogen and oxygen atoms in total. The molecule has 0 aromatic heterocycles. The zero-order chi connectivity index (χ0) is 10.6. The fourth-order valence-electron chi connectivity index (χ4n) is 0.912. The molecule has 0 saturated heterocycles. The Bertz CT molecular complexity index is 336. The standard InChI is InChI=1S/C10H11ClO3/c1-2-5-14-10(13)7-3-4-9(12)8(11)6-7/h3-4,6,12H,2,5H2,1H3. The minimum atomic E-state index is -0.422. The average Bonchev–Trinajstić information content (AvgIpc) is 2.18. The van der Waals surface area contributed by atoms with Gasteiger partial charge in [0.25, 0.3) is 0 Å². The molecule has 0 radical (unpaired) electrons. The number of phenolic OH excluding ortho intramolecular Hbond substituents is 1. The van der Waals surface area contributed by atoms with E-state index in [1.807, 2.05) is 6.92 Å². The first-order valence-electron chi connectivity index (χ1n) is 4.30. The van der Waals surface area contributed by atoms with E-state index < -0.39 is 5.97 Å². The van der Waals surface area contributed by atoms with Gasteiger partial charge in [-0.25, -0.2) is 4.79 Å². The van der Waals surface area contributed by atoms with Crippen molar-refractivity contribution in [1.82, 2.24) is 0 Å². The summed E-state index contributed by atoms with van der Waals surface area (Å²) in [4.78, 5) is 11.3. The van der Waals surface area contributed by atoms with Crippen LogP contribution in [0.4, 0.5) is 0 Å². The monoisotopic (exact) mass is 214 g/mol. The van der Waals surface area contributed by atoms with Gasteiger partial charge < -0.3 is 9.84 Å². The number of halogens is 1. The highest BCUT2D eigenvalue weighted by Crippen LogP contribution is 2.23. The summed E-state index contributed by atoms with van der Waals surface area (Å²) in [6.07, 6.45) is 0.775. The van der Waals surface area contributed by atoms with Crippen LogP contribution in [0.2, 0.25) is 5.02 Å². The van der Waals surface area contributed by atoms with Gasteiger partial charge in [0.1, 0.15) is 5.75 Å². The molecule has 0 spiro atoms. The number of ether oxygens (including phenoxy) is 1. The molecular formula is C10H11ClO3. The van der Waals surface area contributed by atoms with Crippen LogP contribution in [-0.4, -0.2) is 17.7 Å². The molecule has 0 aliphatic heterocycles. The van der Waals surface area contributed by atoms with Crippen LogP contribution in [-0.2, 0) is 4.74 Å². The van der Waals surface area contributed by atoms with Crippen LogP contribution >= 0.6 is 11.6 Å². The van der Waals surface area contributed by atoms with Crippen LogP contribution < -0.4 is 0 Å². The summed E-state index contributed by atoms with van der Waals surface area (Å²) in [6.45, 7) is 2.30. The number of carbonyl (C=O) groups excluding carboxylic acids is 1. The third kappa shape index (κ3) is 2.64. The maximum Gasteiger partial charge on any atom is 0.338 e. The first-order chi connectivity index (χ1) is 6.65. The van der Waals surface area contributed by atoms with E-state index in [1.54, 1.807) is 0 Å². The second-order valence-corrected chi connectivity index (χ2v) is 3.21.